The van der Waals surface area contributed by atoms with Gasteiger partial charge in [-0.05, 0) is 18.9 Å². The number of pyridine rings is 1. The number of aryl methyl sites for hydroxylation is 1. The number of allylic oxidation sites excluding steroid dienone is 2. The summed E-state index contributed by atoms with van der Waals surface area (Å²) in [5, 5.41) is 1.96. The number of hydrogen-bond acceptors (Lipinski definition) is 4. The number of halogens is 2. The predicted octanol–water partition coefficient (Wildman–Crippen LogP) is 5.48. The van der Waals surface area contributed by atoms with Gasteiger partial charge in [-0.2, -0.15) is 0 Å². The lowest BCUT2D eigenvalue weighted by atomic mass is 9.81. The van der Waals surface area contributed by atoms with Gasteiger partial charge in [0.15, 0.2) is 12.4 Å². The average molecular weight is 979 g/mol. The van der Waals surface area contributed by atoms with E-state index >= 15 is 0 Å². The van der Waals surface area contributed by atoms with Crippen LogP contribution in [-0.4, -0.2) is 25.2 Å². The van der Waals surface area contributed by atoms with Crippen LogP contribution in [0.25, 0.3) is 0 Å². The fraction of sp³-hybridized carbons (Fsp3) is 0.761. The molecule has 54 heavy (non-hydrogen) atoms. The summed E-state index contributed by atoms with van der Waals surface area (Å²) in [7, 11) is 0. The SMILES string of the molecule is CCCCCCCCCCCCCCOC(=O)C1=C(C)[NH2+]C(C)=C(C(=O)OCCCCCCCCCCCCCC)C1c1ccc[n+](CCCC)c1.[I-].[I-]. The third kappa shape index (κ3) is 22.7. The van der Waals surface area contributed by atoms with E-state index < -0.39 is 5.92 Å². The summed E-state index contributed by atoms with van der Waals surface area (Å²) in [6.45, 7) is 12.4. The Morgan fingerprint density at radius 2 is 0.907 bits per heavy atom. The van der Waals surface area contributed by atoms with Crippen molar-refractivity contribution in [2.24, 2.45) is 0 Å². The zero-order valence-corrected chi connectivity index (χ0v) is 39.6. The van der Waals surface area contributed by atoms with Gasteiger partial charge in [0, 0.05) is 31.9 Å². The highest BCUT2D eigenvalue weighted by Gasteiger charge is 2.41. The van der Waals surface area contributed by atoms with Gasteiger partial charge < -0.3 is 57.4 Å². The number of quaternary nitrogens is 1. The molecule has 1 aliphatic rings. The number of carbonyl (C=O) groups excluding carboxylic acids is 2. The number of hydrogen-bond donors (Lipinski definition) is 1. The van der Waals surface area contributed by atoms with Crippen molar-refractivity contribution >= 4 is 11.9 Å². The molecule has 0 saturated carbocycles. The second-order valence-corrected chi connectivity index (χ2v) is 15.5. The molecule has 0 aliphatic carbocycles. The van der Waals surface area contributed by atoms with Gasteiger partial charge in [0.25, 0.3) is 0 Å². The molecule has 2 heterocycles. The van der Waals surface area contributed by atoms with Crippen molar-refractivity contribution in [1.82, 2.24) is 0 Å². The van der Waals surface area contributed by atoms with Crippen molar-refractivity contribution in [2.75, 3.05) is 13.2 Å². The molecular weight excluding hydrogens is 898 g/mol. The highest BCUT2D eigenvalue weighted by Crippen LogP contribution is 2.37. The molecule has 2 N–H and O–H groups in total. The lowest BCUT2D eigenvalue weighted by Gasteiger charge is -2.26. The minimum absolute atomic E-state index is 0. The van der Waals surface area contributed by atoms with Gasteiger partial charge in [-0.3, -0.25) is 5.32 Å². The molecule has 1 aliphatic heterocycles. The fourth-order valence-corrected chi connectivity index (χ4v) is 7.54. The highest BCUT2D eigenvalue weighted by atomic mass is 127. The number of unbranched alkanes of at least 4 members (excludes halogenated alkanes) is 23. The molecule has 312 valence electrons. The second kappa shape index (κ2) is 35.2. The predicted molar refractivity (Wildman–Crippen MR) is 216 cm³/mol. The molecule has 0 atom stereocenters. The number of nitrogens with two attached hydrogens (primary N) is 1. The quantitative estimate of drug-likeness (QED) is 0.0450. The Morgan fingerprint density at radius 3 is 1.28 bits per heavy atom. The van der Waals surface area contributed by atoms with Crippen molar-refractivity contribution in [2.45, 2.75) is 214 Å². The summed E-state index contributed by atoms with van der Waals surface area (Å²) in [4.78, 5) is 27.7. The van der Waals surface area contributed by atoms with Crippen LogP contribution in [0.1, 0.15) is 213 Å². The average Bonchev–Trinajstić information content (AvgIpc) is 3.14. The summed E-state index contributed by atoms with van der Waals surface area (Å²) in [6.07, 6.45) is 36.7. The molecular formula is C46H80I2N2O4. The Morgan fingerprint density at radius 1 is 0.556 bits per heavy atom. The molecule has 0 spiro atoms. The van der Waals surface area contributed by atoms with Crippen LogP contribution in [0, 0.1) is 0 Å². The summed E-state index contributed by atoms with van der Waals surface area (Å²) in [6, 6.07) is 4.06. The Labute approximate surface area is 366 Å². The van der Waals surface area contributed by atoms with Crippen LogP contribution in [0.4, 0.5) is 0 Å². The van der Waals surface area contributed by atoms with Crippen LogP contribution < -0.4 is 57.8 Å². The third-order valence-corrected chi connectivity index (χ3v) is 10.7. The van der Waals surface area contributed by atoms with Gasteiger partial charge in [-0.25, -0.2) is 14.2 Å². The molecule has 6 nitrogen and oxygen atoms in total. The second-order valence-electron chi connectivity index (χ2n) is 15.5. The summed E-state index contributed by atoms with van der Waals surface area (Å²) in [5.74, 6) is -1.14. The van der Waals surface area contributed by atoms with Gasteiger partial charge in [0.1, 0.15) is 29.1 Å². The molecule has 0 aromatic carbocycles. The van der Waals surface area contributed by atoms with Crippen LogP contribution in [0.5, 0.6) is 0 Å². The smallest absolute Gasteiger partial charge is 0.340 e. The van der Waals surface area contributed by atoms with E-state index in [0.717, 1.165) is 62.0 Å². The first-order valence-electron chi connectivity index (χ1n) is 22.0. The zero-order valence-electron chi connectivity index (χ0n) is 35.3. The van der Waals surface area contributed by atoms with Crippen molar-refractivity contribution < 1.29 is 76.9 Å². The van der Waals surface area contributed by atoms with Gasteiger partial charge in [0.2, 0.25) is 0 Å². The summed E-state index contributed by atoms with van der Waals surface area (Å²) >= 11 is 0. The van der Waals surface area contributed by atoms with E-state index in [2.05, 4.69) is 37.7 Å². The van der Waals surface area contributed by atoms with Crippen LogP contribution >= 0.6 is 0 Å². The van der Waals surface area contributed by atoms with E-state index in [0.29, 0.717) is 24.4 Å². The maximum Gasteiger partial charge on any atom is 0.340 e. The topological polar surface area (TPSA) is 73.1 Å². The lowest BCUT2D eigenvalue weighted by Crippen LogP contribution is -3.00. The molecule has 0 fully saturated rings. The standard InChI is InChI=1S/C46H78N2O4.2HI/c1-6-9-12-14-16-18-20-22-24-26-28-30-36-51-45(49)42-39(4)47-40(5)43(44(42)41-33-32-35-48(38-41)34-11-8-3)46(50)52-37-31-29-27-25-23-21-19-17-15-13-10-7-2;;/h32-33,35,38,44H,6-31,34,36-37H2,1-5H3;2*1H. The van der Waals surface area contributed by atoms with Gasteiger partial charge in [-0.15, -0.1) is 0 Å². The van der Waals surface area contributed by atoms with Crippen molar-refractivity contribution in [1.29, 1.82) is 0 Å². The van der Waals surface area contributed by atoms with E-state index in [-0.39, 0.29) is 59.9 Å². The van der Waals surface area contributed by atoms with Crippen molar-refractivity contribution in [3.05, 3.63) is 52.6 Å². The minimum atomic E-state index is -0.511. The Balaban J connectivity index is 0.0000140. The van der Waals surface area contributed by atoms with Gasteiger partial charge in [0.05, 0.1) is 19.1 Å². The van der Waals surface area contributed by atoms with E-state index in [1.165, 1.54) is 128 Å². The highest BCUT2D eigenvalue weighted by molar-refractivity contribution is 5.99. The van der Waals surface area contributed by atoms with Crippen LogP contribution in [-0.2, 0) is 25.6 Å². The maximum atomic E-state index is 13.8. The van der Waals surface area contributed by atoms with E-state index in [1.807, 2.05) is 31.3 Å². The molecule has 1 aromatic heterocycles. The molecule has 8 heteroatoms. The first-order valence-corrected chi connectivity index (χ1v) is 22.0. The van der Waals surface area contributed by atoms with Crippen molar-refractivity contribution in [3.63, 3.8) is 0 Å². The minimum Gasteiger partial charge on any atom is -1.00 e. The number of carbonyl (C=O) groups is 2. The Kier molecular flexibility index (Phi) is 34.5. The zero-order chi connectivity index (χ0) is 37.7. The largest absolute Gasteiger partial charge is 1.00 e. The Hall–Kier alpha value is -1.01. The van der Waals surface area contributed by atoms with E-state index in [9.17, 15) is 9.59 Å². The molecule has 2 rings (SSSR count). The van der Waals surface area contributed by atoms with Gasteiger partial charge in [-0.1, -0.05) is 168 Å². The number of aromatic nitrogens is 1. The summed E-state index contributed by atoms with van der Waals surface area (Å²) in [5.41, 5.74) is 3.79. The molecule has 0 radical (unpaired) electrons. The molecule has 0 unspecified atom stereocenters. The normalized spacial score (nSPS) is 13.1. The number of nitrogens with zero attached hydrogens (tertiary/aromatic N) is 1. The first-order chi connectivity index (χ1) is 25.4. The summed E-state index contributed by atoms with van der Waals surface area (Å²) < 4.78 is 14.0. The fourth-order valence-electron chi connectivity index (χ4n) is 7.54. The first kappa shape index (κ1) is 53.0. The maximum absolute atomic E-state index is 13.8. The molecule has 0 saturated heterocycles. The van der Waals surface area contributed by atoms with Crippen LogP contribution in [0.15, 0.2) is 47.1 Å². The molecule has 0 bridgehead atoms. The molecule has 0 amide bonds. The Bertz CT molecular complexity index is 1120. The van der Waals surface area contributed by atoms with Crippen LogP contribution in [0.2, 0.25) is 0 Å². The lowest BCUT2D eigenvalue weighted by molar-refractivity contribution is -0.697. The van der Waals surface area contributed by atoms with E-state index in [4.69, 9.17) is 9.47 Å². The number of ether oxygens (including phenoxy) is 2. The van der Waals surface area contributed by atoms with Gasteiger partial charge >= 0.3 is 11.9 Å². The monoisotopic (exact) mass is 978 g/mol. The van der Waals surface area contributed by atoms with Crippen molar-refractivity contribution in [3.8, 4) is 0 Å². The van der Waals surface area contributed by atoms with E-state index in [1.54, 1.807) is 0 Å². The third-order valence-electron chi connectivity index (χ3n) is 10.7. The molecule has 1 aromatic rings. The number of esters is 2. The number of rotatable bonds is 32. The van der Waals surface area contributed by atoms with Crippen LogP contribution in [0.3, 0.4) is 0 Å².